The first-order valence-electron chi connectivity index (χ1n) is 13.9. The number of carbonyl (C=O) groups is 1. The SMILES string of the molecule is CC(C)(C)C(=O)Nc1cncc(-c2ccc3[nH]nc(-c4nc5c(-c6cc(F)cc(CCS(C)(=O)=O)c6)nccc5[nH]4)c3c2)c1. The Kier molecular flexibility index (Phi) is 7.24. The molecule has 4 aromatic heterocycles. The number of carbonyl (C=O) groups excluding carboxylic acids is 1. The number of sulfone groups is 1. The summed E-state index contributed by atoms with van der Waals surface area (Å²) in [5.41, 5.74) is 5.87. The third kappa shape index (κ3) is 6.06. The molecule has 0 radical (unpaired) electrons. The molecule has 0 aliphatic carbocycles. The molecule has 12 heteroatoms. The van der Waals surface area contributed by atoms with Gasteiger partial charge in [-0.3, -0.25) is 19.9 Å². The van der Waals surface area contributed by atoms with E-state index in [1.807, 2.05) is 45.0 Å². The number of aromatic amines is 2. The Labute approximate surface area is 253 Å². The molecule has 0 unspecified atom stereocenters. The average Bonchev–Trinajstić information content (AvgIpc) is 3.59. The van der Waals surface area contributed by atoms with E-state index in [9.17, 15) is 17.6 Å². The second kappa shape index (κ2) is 10.9. The zero-order chi connectivity index (χ0) is 31.2. The Hall–Kier alpha value is -4.97. The third-order valence-electron chi connectivity index (χ3n) is 7.19. The van der Waals surface area contributed by atoms with Crippen LogP contribution < -0.4 is 5.32 Å². The first-order valence-corrected chi connectivity index (χ1v) is 16.0. The monoisotopic (exact) mass is 611 g/mol. The number of aromatic nitrogens is 6. The lowest BCUT2D eigenvalue weighted by Gasteiger charge is -2.17. The second-order valence-electron chi connectivity index (χ2n) is 11.9. The van der Waals surface area contributed by atoms with Gasteiger partial charge in [0.05, 0.1) is 34.4 Å². The van der Waals surface area contributed by atoms with Gasteiger partial charge < -0.3 is 10.3 Å². The zero-order valence-electron chi connectivity index (χ0n) is 24.6. The number of anilines is 1. The van der Waals surface area contributed by atoms with E-state index >= 15 is 0 Å². The van der Waals surface area contributed by atoms with Gasteiger partial charge in [0.1, 0.15) is 26.9 Å². The Morgan fingerprint density at radius 1 is 0.955 bits per heavy atom. The highest BCUT2D eigenvalue weighted by Crippen LogP contribution is 2.33. The number of fused-ring (bicyclic) bond motifs is 2. The highest BCUT2D eigenvalue weighted by Gasteiger charge is 2.22. The molecular formula is C32H30FN7O3S. The molecule has 2 aromatic carbocycles. The molecule has 6 aromatic rings. The van der Waals surface area contributed by atoms with E-state index in [-0.39, 0.29) is 18.1 Å². The summed E-state index contributed by atoms with van der Waals surface area (Å²) in [6, 6.07) is 13.9. The predicted octanol–water partition coefficient (Wildman–Crippen LogP) is 5.94. The van der Waals surface area contributed by atoms with Gasteiger partial charge in [-0.05, 0) is 60.0 Å². The summed E-state index contributed by atoms with van der Waals surface area (Å²) in [6.07, 6.45) is 6.30. The quantitative estimate of drug-likeness (QED) is 0.202. The summed E-state index contributed by atoms with van der Waals surface area (Å²) in [5.74, 6) is -0.176. The lowest BCUT2D eigenvalue weighted by Crippen LogP contribution is -2.27. The molecule has 0 bridgehead atoms. The fourth-order valence-electron chi connectivity index (χ4n) is 4.85. The van der Waals surface area contributed by atoms with Crippen LogP contribution in [0.1, 0.15) is 26.3 Å². The van der Waals surface area contributed by atoms with Crippen LogP contribution in [0.2, 0.25) is 0 Å². The van der Waals surface area contributed by atoms with Gasteiger partial charge in [-0.2, -0.15) is 5.10 Å². The fourth-order valence-corrected chi connectivity index (χ4v) is 5.46. The van der Waals surface area contributed by atoms with Gasteiger partial charge in [0.15, 0.2) is 5.82 Å². The maximum absolute atomic E-state index is 14.6. The normalized spacial score (nSPS) is 12.2. The molecule has 3 N–H and O–H groups in total. The molecule has 0 atom stereocenters. The summed E-state index contributed by atoms with van der Waals surface area (Å²) in [5, 5.41) is 11.3. The minimum absolute atomic E-state index is 0.0831. The highest BCUT2D eigenvalue weighted by atomic mass is 32.2. The molecule has 0 aliphatic rings. The molecule has 1 amide bonds. The van der Waals surface area contributed by atoms with Gasteiger partial charge in [0, 0.05) is 40.6 Å². The summed E-state index contributed by atoms with van der Waals surface area (Å²) < 4.78 is 37.9. The number of imidazole rings is 1. The molecule has 0 saturated carbocycles. The van der Waals surface area contributed by atoms with E-state index in [0.29, 0.717) is 45.1 Å². The third-order valence-corrected chi connectivity index (χ3v) is 8.14. The number of pyridine rings is 2. The van der Waals surface area contributed by atoms with Crippen molar-refractivity contribution in [3.8, 4) is 33.9 Å². The van der Waals surface area contributed by atoms with Crippen molar-refractivity contribution in [2.24, 2.45) is 5.41 Å². The molecule has 6 rings (SSSR count). The molecule has 0 aliphatic heterocycles. The molecule has 0 spiro atoms. The zero-order valence-corrected chi connectivity index (χ0v) is 25.4. The number of benzene rings is 2. The maximum atomic E-state index is 14.6. The fraction of sp³-hybridized carbons (Fsp3) is 0.219. The Balaban J connectivity index is 1.37. The van der Waals surface area contributed by atoms with Gasteiger partial charge in [0.2, 0.25) is 5.91 Å². The van der Waals surface area contributed by atoms with E-state index < -0.39 is 21.1 Å². The molecule has 4 heterocycles. The number of nitrogens with one attached hydrogen (secondary N) is 3. The molecule has 0 fully saturated rings. The highest BCUT2D eigenvalue weighted by molar-refractivity contribution is 7.90. The minimum atomic E-state index is -3.21. The van der Waals surface area contributed by atoms with E-state index in [2.05, 4.69) is 30.5 Å². The van der Waals surface area contributed by atoms with Gasteiger partial charge >= 0.3 is 0 Å². The van der Waals surface area contributed by atoms with Gasteiger partial charge in [-0.25, -0.2) is 17.8 Å². The van der Waals surface area contributed by atoms with Crippen molar-refractivity contribution in [1.29, 1.82) is 0 Å². The summed E-state index contributed by atoms with van der Waals surface area (Å²) in [6.45, 7) is 5.55. The van der Waals surface area contributed by atoms with Crippen molar-refractivity contribution in [2.45, 2.75) is 27.2 Å². The van der Waals surface area contributed by atoms with E-state index in [4.69, 9.17) is 4.98 Å². The van der Waals surface area contributed by atoms with Crippen LogP contribution >= 0.6 is 0 Å². The summed E-state index contributed by atoms with van der Waals surface area (Å²) in [4.78, 5) is 29.5. The van der Waals surface area contributed by atoms with Crippen molar-refractivity contribution in [3.63, 3.8) is 0 Å². The van der Waals surface area contributed by atoms with Crippen molar-refractivity contribution in [2.75, 3.05) is 17.3 Å². The Morgan fingerprint density at radius 2 is 1.77 bits per heavy atom. The van der Waals surface area contributed by atoms with Crippen LogP contribution in [0.15, 0.2) is 67.1 Å². The van der Waals surface area contributed by atoms with Crippen molar-refractivity contribution in [1.82, 2.24) is 30.1 Å². The number of halogens is 1. The smallest absolute Gasteiger partial charge is 0.229 e. The molecule has 0 saturated heterocycles. The number of hydrogen-bond acceptors (Lipinski definition) is 7. The number of rotatable bonds is 7. The van der Waals surface area contributed by atoms with Crippen LogP contribution in [-0.4, -0.2) is 56.5 Å². The van der Waals surface area contributed by atoms with Gasteiger partial charge in [-0.1, -0.05) is 26.8 Å². The first-order chi connectivity index (χ1) is 20.8. The molecule has 10 nitrogen and oxygen atoms in total. The number of nitrogens with zero attached hydrogens (tertiary/aromatic N) is 4. The summed E-state index contributed by atoms with van der Waals surface area (Å²) >= 11 is 0. The molecular weight excluding hydrogens is 581 g/mol. The van der Waals surface area contributed by atoms with Crippen molar-refractivity contribution in [3.05, 3.63) is 78.5 Å². The number of H-pyrrole nitrogens is 2. The number of amides is 1. The number of hydrogen-bond donors (Lipinski definition) is 3. The van der Waals surface area contributed by atoms with Crippen molar-refractivity contribution < 1.29 is 17.6 Å². The van der Waals surface area contributed by atoms with Crippen LogP contribution in [0.3, 0.4) is 0 Å². The van der Waals surface area contributed by atoms with Crippen LogP contribution in [0.5, 0.6) is 0 Å². The van der Waals surface area contributed by atoms with E-state index in [1.54, 1.807) is 30.7 Å². The van der Waals surface area contributed by atoms with Crippen LogP contribution in [0.25, 0.3) is 55.8 Å². The lowest BCUT2D eigenvalue weighted by atomic mass is 9.95. The second-order valence-corrected chi connectivity index (χ2v) is 14.1. The Morgan fingerprint density at radius 3 is 2.55 bits per heavy atom. The number of aryl methyl sites for hydroxylation is 1. The van der Waals surface area contributed by atoms with Gasteiger partial charge in [0.25, 0.3) is 0 Å². The largest absolute Gasteiger partial charge is 0.336 e. The van der Waals surface area contributed by atoms with Crippen LogP contribution in [-0.2, 0) is 21.1 Å². The van der Waals surface area contributed by atoms with Crippen LogP contribution in [0, 0.1) is 11.2 Å². The maximum Gasteiger partial charge on any atom is 0.229 e. The Bertz CT molecular complexity index is 2160. The molecule has 224 valence electrons. The standard InChI is InChI=1S/C32H30FN7O3S/c1-32(2,3)31(41)36-23-14-21(16-34-17-23)19-5-6-25-24(15-19)28(40-39-25)30-37-26-7-9-35-27(29(26)38-30)20-11-18(12-22(33)13-20)8-10-44(4,42)43/h5-7,9,11-17H,8,10H2,1-4H3,(H,36,41)(H,37,38)(H,39,40). The topological polar surface area (TPSA) is 146 Å². The average molecular weight is 612 g/mol. The van der Waals surface area contributed by atoms with Crippen molar-refractivity contribution >= 4 is 43.4 Å². The van der Waals surface area contributed by atoms with E-state index in [0.717, 1.165) is 28.3 Å². The van der Waals surface area contributed by atoms with Crippen LogP contribution in [0.4, 0.5) is 10.1 Å². The first kappa shape index (κ1) is 29.1. The molecule has 44 heavy (non-hydrogen) atoms. The summed E-state index contributed by atoms with van der Waals surface area (Å²) in [7, 11) is -3.21. The lowest BCUT2D eigenvalue weighted by molar-refractivity contribution is -0.123. The predicted molar refractivity (Wildman–Crippen MR) is 169 cm³/mol. The van der Waals surface area contributed by atoms with E-state index in [1.165, 1.54) is 12.1 Å². The minimum Gasteiger partial charge on any atom is -0.336 e. The van der Waals surface area contributed by atoms with Gasteiger partial charge in [-0.15, -0.1) is 0 Å².